The first kappa shape index (κ1) is 26.0. The summed E-state index contributed by atoms with van der Waals surface area (Å²) in [6, 6.07) is 10.9. The highest BCUT2D eigenvalue weighted by Crippen LogP contribution is 2.36. The van der Waals surface area contributed by atoms with Crippen molar-refractivity contribution in [2.24, 2.45) is 13.0 Å². The molecule has 0 bridgehead atoms. The van der Waals surface area contributed by atoms with Crippen molar-refractivity contribution in [3.63, 3.8) is 0 Å². The first-order chi connectivity index (χ1) is 17.9. The largest absolute Gasteiger partial charge is 0.496 e. The predicted molar refractivity (Wildman–Crippen MR) is 152 cm³/mol. The van der Waals surface area contributed by atoms with E-state index in [1.165, 1.54) is 24.8 Å². The summed E-state index contributed by atoms with van der Waals surface area (Å²) in [6.45, 7) is 8.84. The Kier molecular flexibility index (Phi) is 7.75. The average Bonchev–Trinajstić information content (AvgIpc) is 2.91. The molecule has 0 atom stereocenters. The van der Waals surface area contributed by atoms with Gasteiger partial charge in [0.2, 0.25) is 0 Å². The second kappa shape index (κ2) is 11.0. The van der Waals surface area contributed by atoms with Crippen LogP contribution in [0.15, 0.2) is 41.3 Å². The number of pyridine rings is 1. The van der Waals surface area contributed by atoms with Gasteiger partial charge in [-0.2, -0.15) is 0 Å². The summed E-state index contributed by atoms with van der Waals surface area (Å²) in [5, 5.41) is 4.19. The number of aromatic nitrogens is 1. The second-order valence-electron chi connectivity index (χ2n) is 10.8. The Bertz CT molecular complexity index is 1360. The quantitative estimate of drug-likeness (QED) is 0.471. The number of methoxy groups -OCH3 is 1. The van der Waals surface area contributed by atoms with E-state index in [1.54, 1.807) is 29.9 Å². The minimum Gasteiger partial charge on any atom is -0.496 e. The summed E-state index contributed by atoms with van der Waals surface area (Å²) >= 11 is 6.90. The molecule has 2 aromatic carbocycles. The van der Waals surface area contributed by atoms with E-state index in [0.29, 0.717) is 5.02 Å². The lowest BCUT2D eigenvalue weighted by Crippen LogP contribution is -2.32. The zero-order chi connectivity index (χ0) is 26.1. The summed E-state index contributed by atoms with van der Waals surface area (Å²) in [5.74, 6) is 1.59. The number of halogens is 1. The Hall–Kier alpha value is -2.60. The molecule has 1 fully saturated rings. The molecule has 37 heavy (non-hydrogen) atoms. The third-order valence-corrected chi connectivity index (χ3v) is 8.74. The van der Waals surface area contributed by atoms with Crippen LogP contribution in [0.3, 0.4) is 0 Å². The number of hydrogen-bond donors (Lipinski definition) is 1. The van der Waals surface area contributed by atoms with E-state index < -0.39 is 0 Å². The highest BCUT2D eigenvalue weighted by molar-refractivity contribution is 6.32. The van der Waals surface area contributed by atoms with Gasteiger partial charge >= 0.3 is 0 Å². The van der Waals surface area contributed by atoms with Gasteiger partial charge in [-0.3, -0.25) is 9.69 Å². The van der Waals surface area contributed by atoms with Crippen LogP contribution in [0, 0.1) is 19.8 Å². The molecule has 5 rings (SSSR count). The molecule has 0 aliphatic carbocycles. The molecule has 0 saturated carbocycles. The summed E-state index contributed by atoms with van der Waals surface area (Å²) in [6.07, 6.45) is 6.73. The maximum Gasteiger partial charge on any atom is 0.253 e. The molecule has 0 radical (unpaired) electrons. The van der Waals surface area contributed by atoms with Crippen LogP contribution in [0.5, 0.6) is 5.75 Å². The topological polar surface area (TPSA) is 46.5 Å². The van der Waals surface area contributed by atoms with E-state index in [0.717, 1.165) is 78.6 Å². The molecule has 2 aliphatic rings. The molecule has 1 saturated heterocycles. The van der Waals surface area contributed by atoms with Crippen LogP contribution in [-0.4, -0.2) is 36.2 Å². The molecule has 3 heterocycles. The van der Waals surface area contributed by atoms with Crippen molar-refractivity contribution in [2.45, 2.75) is 52.6 Å². The van der Waals surface area contributed by atoms with E-state index >= 15 is 0 Å². The molecule has 6 heteroatoms. The molecular formula is C31H38ClN3O2. The standard InChI is InChI=1S/C31H38ClN3O2/c1-20-21(2)31(36)34(3)18-27(20)25-15-29(32)28(30(16-25)37-4)19-35-13-10-26-23(6-5-7-24(26)17-35)14-22-8-11-33-12-9-22/h5-7,15-16,18,22,33H,8-14,17,19H2,1-4H3. The van der Waals surface area contributed by atoms with E-state index in [4.69, 9.17) is 16.3 Å². The van der Waals surface area contributed by atoms with E-state index in [9.17, 15) is 4.79 Å². The van der Waals surface area contributed by atoms with Crippen molar-refractivity contribution in [2.75, 3.05) is 26.7 Å². The number of fused-ring (bicyclic) bond motifs is 1. The first-order valence-corrected chi connectivity index (χ1v) is 13.8. The molecule has 0 spiro atoms. The summed E-state index contributed by atoms with van der Waals surface area (Å²) in [7, 11) is 3.49. The Morgan fingerprint density at radius 2 is 1.92 bits per heavy atom. The summed E-state index contributed by atoms with van der Waals surface area (Å²) in [4.78, 5) is 14.8. The van der Waals surface area contributed by atoms with Gasteiger partial charge in [-0.15, -0.1) is 0 Å². The highest BCUT2D eigenvalue weighted by Gasteiger charge is 2.23. The number of rotatable bonds is 6. The van der Waals surface area contributed by atoms with Crippen molar-refractivity contribution in [1.29, 1.82) is 0 Å². The Balaban J connectivity index is 1.37. The minimum absolute atomic E-state index is 0.0280. The Morgan fingerprint density at radius 1 is 1.14 bits per heavy atom. The van der Waals surface area contributed by atoms with Gasteiger partial charge in [0.25, 0.3) is 5.56 Å². The van der Waals surface area contributed by atoms with Gasteiger partial charge in [-0.1, -0.05) is 29.8 Å². The maximum atomic E-state index is 12.4. The van der Waals surface area contributed by atoms with Crippen molar-refractivity contribution in [3.05, 3.63) is 85.3 Å². The van der Waals surface area contributed by atoms with Gasteiger partial charge in [0.05, 0.1) is 7.11 Å². The second-order valence-corrected chi connectivity index (χ2v) is 11.2. The molecule has 196 valence electrons. The molecule has 3 aromatic rings. The van der Waals surface area contributed by atoms with Crippen LogP contribution in [-0.2, 0) is 33.0 Å². The monoisotopic (exact) mass is 519 g/mol. The number of ether oxygens (including phenoxy) is 1. The number of benzene rings is 2. The summed E-state index contributed by atoms with van der Waals surface area (Å²) in [5.41, 5.74) is 9.29. The molecule has 1 N–H and O–H groups in total. The van der Waals surface area contributed by atoms with Crippen molar-refractivity contribution in [3.8, 4) is 16.9 Å². The number of nitrogens with zero attached hydrogens (tertiary/aromatic N) is 2. The van der Waals surface area contributed by atoms with Gasteiger partial charge in [0.1, 0.15) is 5.75 Å². The molecular weight excluding hydrogens is 482 g/mol. The summed E-state index contributed by atoms with van der Waals surface area (Å²) < 4.78 is 7.48. The first-order valence-electron chi connectivity index (χ1n) is 13.4. The van der Waals surface area contributed by atoms with Crippen LogP contribution < -0.4 is 15.6 Å². The molecule has 0 unspecified atom stereocenters. The van der Waals surface area contributed by atoms with Gasteiger partial charge in [0, 0.05) is 54.6 Å². The van der Waals surface area contributed by atoms with Crippen LogP contribution in [0.25, 0.3) is 11.1 Å². The van der Waals surface area contributed by atoms with E-state index in [-0.39, 0.29) is 5.56 Å². The highest BCUT2D eigenvalue weighted by atomic mass is 35.5. The van der Waals surface area contributed by atoms with Gasteiger partial charge in [-0.05, 0) is 98.5 Å². The third kappa shape index (κ3) is 5.36. The lowest BCUT2D eigenvalue weighted by molar-refractivity contribution is 0.241. The number of piperidine rings is 1. The fraction of sp³-hybridized carbons (Fsp3) is 0.452. The lowest BCUT2D eigenvalue weighted by atomic mass is 9.85. The van der Waals surface area contributed by atoms with Gasteiger partial charge in [0.15, 0.2) is 0 Å². The van der Waals surface area contributed by atoms with Crippen molar-refractivity contribution < 1.29 is 4.74 Å². The maximum absolute atomic E-state index is 12.4. The number of hydrogen-bond acceptors (Lipinski definition) is 4. The number of aryl methyl sites for hydroxylation is 1. The van der Waals surface area contributed by atoms with Crippen LogP contribution in [0.2, 0.25) is 5.02 Å². The van der Waals surface area contributed by atoms with Crippen molar-refractivity contribution in [1.82, 2.24) is 14.8 Å². The number of nitrogens with one attached hydrogen (secondary N) is 1. The predicted octanol–water partition coefficient (Wildman–Crippen LogP) is 5.43. The molecule has 2 aliphatic heterocycles. The minimum atomic E-state index is 0.0280. The molecule has 0 amide bonds. The van der Waals surface area contributed by atoms with Crippen LogP contribution in [0.1, 0.15) is 46.2 Å². The SMILES string of the molecule is COc1cc(-c2cn(C)c(=O)c(C)c2C)cc(Cl)c1CN1CCc2c(CC3CCNCC3)cccc2C1. The lowest BCUT2D eigenvalue weighted by Gasteiger charge is -2.32. The smallest absolute Gasteiger partial charge is 0.253 e. The van der Waals surface area contributed by atoms with Crippen molar-refractivity contribution >= 4 is 11.6 Å². The molecule has 5 nitrogen and oxygen atoms in total. The van der Waals surface area contributed by atoms with E-state index in [2.05, 4.69) is 34.5 Å². The van der Waals surface area contributed by atoms with Crippen LogP contribution in [0.4, 0.5) is 0 Å². The molecule has 1 aromatic heterocycles. The zero-order valence-corrected chi connectivity index (χ0v) is 23.3. The van der Waals surface area contributed by atoms with Crippen LogP contribution >= 0.6 is 11.6 Å². The average molecular weight is 520 g/mol. The zero-order valence-electron chi connectivity index (χ0n) is 22.5. The Morgan fingerprint density at radius 3 is 2.68 bits per heavy atom. The van der Waals surface area contributed by atoms with Gasteiger partial charge in [-0.25, -0.2) is 0 Å². The Labute approximate surface area is 225 Å². The fourth-order valence-corrected chi connectivity index (χ4v) is 6.33. The van der Waals surface area contributed by atoms with Gasteiger partial charge < -0.3 is 14.6 Å². The fourth-order valence-electron chi connectivity index (χ4n) is 6.06. The normalized spacial score (nSPS) is 16.6. The third-order valence-electron chi connectivity index (χ3n) is 8.41. The van der Waals surface area contributed by atoms with E-state index in [1.807, 2.05) is 26.1 Å².